The smallest absolute Gasteiger partial charge is 0.401 e. The topological polar surface area (TPSA) is 68.2 Å². The van der Waals surface area contributed by atoms with Crippen molar-refractivity contribution in [3.8, 4) is 0 Å². The van der Waals surface area contributed by atoms with Crippen LogP contribution in [0.1, 0.15) is 52.4 Å². The summed E-state index contributed by atoms with van der Waals surface area (Å²) in [4.78, 5) is 31.8. The Labute approximate surface area is 218 Å². The molecule has 4 aliphatic rings. The predicted molar refractivity (Wildman–Crippen MR) is 124 cm³/mol. The van der Waals surface area contributed by atoms with Crippen LogP contribution < -0.4 is 0 Å². The molecular formula is C25H18Cl2F4N2O4. The molecule has 3 heterocycles. The molecule has 1 saturated carbocycles. The molecule has 12 heteroatoms. The average Bonchev–Trinajstić information content (AvgIpc) is 3.40. The Balaban J connectivity index is 1.29. The van der Waals surface area contributed by atoms with E-state index in [0.717, 1.165) is 25.0 Å². The van der Waals surface area contributed by atoms with E-state index in [2.05, 4.69) is 5.16 Å². The van der Waals surface area contributed by atoms with Gasteiger partial charge < -0.3 is 14.5 Å². The zero-order valence-corrected chi connectivity index (χ0v) is 20.5. The standard InChI is InChI=1S/C25H18Cl2F4N2O4/c26-13-7-15(20(28)17(27)8-13)22-19(25(29,30)31)21(32-37-22)12-3-4-16-14(6-12)23(35)36-24(16)9-33(10-24)18(34)5-11-1-2-11/h3-4,6-8,11,19,22H,1-2,5,9-10H2. The maximum Gasteiger partial charge on any atom is 0.401 e. The van der Waals surface area contributed by atoms with Crippen LogP contribution in [-0.4, -0.2) is 41.8 Å². The van der Waals surface area contributed by atoms with E-state index in [4.69, 9.17) is 32.8 Å². The predicted octanol–water partition coefficient (Wildman–Crippen LogP) is 5.79. The van der Waals surface area contributed by atoms with E-state index in [9.17, 15) is 27.2 Å². The van der Waals surface area contributed by atoms with Crippen molar-refractivity contribution in [3.63, 3.8) is 0 Å². The monoisotopic (exact) mass is 556 g/mol. The van der Waals surface area contributed by atoms with Crippen molar-refractivity contribution < 1.29 is 36.7 Å². The molecule has 0 bridgehead atoms. The van der Waals surface area contributed by atoms with E-state index in [1.807, 2.05) is 0 Å². The average molecular weight is 557 g/mol. The first-order chi connectivity index (χ1) is 17.5. The molecule has 1 aliphatic carbocycles. The van der Waals surface area contributed by atoms with Crippen molar-refractivity contribution in [1.29, 1.82) is 0 Å². The van der Waals surface area contributed by atoms with Gasteiger partial charge in [-0.05, 0) is 37.0 Å². The zero-order chi connectivity index (χ0) is 26.3. The van der Waals surface area contributed by atoms with Gasteiger partial charge in [-0.2, -0.15) is 13.2 Å². The Morgan fingerprint density at radius 1 is 1.16 bits per heavy atom. The van der Waals surface area contributed by atoms with E-state index < -0.39 is 51.9 Å². The third-order valence-corrected chi connectivity index (χ3v) is 7.76. The fourth-order valence-corrected chi connectivity index (χ4v) is 5.70. The molecule has 2 unspecified atom stereocenters. The number of alkyl halides is 3. The van der Waals surface area contributed by atoms with E-state index in [-0.39, 0.29) is 35.1 Å². The molecule has 37 heavy (non-hydrogen) atoms. The molecule has 0 radical (unpaired) electrons. The molecule has 1 amide bonds. The number of esters is 1. The van der Waals surface area contributed by atoms with Gasteiger partial charge in [0, 0.05) is 28.1 Å². The molecule has 1 spiro atoms. The molecule has 194 valence electrons. The lowest BCUT2D eigenvalue weighted by molar-refractivity contribution is -0.178. The van der Waals surface area contributed by atoms with Gasteiger partial charge in [0.25, 0.3) is 0 Å². The van der Waals surface area contributed by atoms with Gasteiger partial charge in [-0.1, -0.05) is 40.5 Å². The number of hydrogen-bond donors (Lipinski definition) is 0. The van der Waals surface area contributed by atoms with Gasteiger partial charge in [0.1, 0.15) is 17.4 Å². The molecule has 3 aliphatic heterocycles. The van der Waals surface area contributed by atoms with E-state index >= 15 is 0 Å². The summed E-state index contributed by atoms with van der Waals surface area (Å²) in [6, 6.07) is 6.26. The van der Waals surface area contributed by atoms with Gasteiger partial charge >= 0.3 is 12.1 Å². The summed E-state index contributed by atoms with van der Waals surface area (Å²) < 4.78 is 63.0. The molecule has 2 fully saturated rings. The summed E-state index contributed by atoms with van der Waals surface area (Å²) in [7, 11) is 0. The number of halogens is 6. The summed E-state index contributed by atoms with van der Waals surface area (Å²) in [5.41, 5.74) is -1.43. The number of fused-ring (bicyclic) bond motifs is 2. The quantitative estimate of drug-likeness (QED) is 0.271. The van der Waals surface area contributed by atoms with E-state index in [0.29, 0.717) is 17.9 Å². The largest absolute Gasteiger partial charge is 0.447 e. The first-order valence-electron chi connectivity index (χ1n) is 11.6. The Morgan fingerprint density at radius 3 is 2.57 bits per heavy atom. The lowest BCUT2D eigenvalue weighted by Crippen LogP contribution is -2.61. The van der Waals surface area contributed by atoms with Crippen LogP contribution in [0.2, 0.25) is 10.0 Å². The molecule has 1 saturated heterocycles. The van der Waals surface area contributed by atoms with E-state index in [1.54, 1.807) is 4.90 Å². The van der Waals surface area contributed by atoms with Crippen molar-refractivity contribution in [3.05, 3.63) is 68.4 Å². The second kappa shape index (κ2) is 8.33. The minimum absolute atomic E-state index is 0.000819. The third-order valence-electron chi connectivity index (χ3n) is 7.26. The molecule has 2 aromatic carbocycles. The SMILES string of the molecule is O=C1OC2(CN(C(=O)CC3CC3)C2)c2ccc(C3=NOC(c4cc(Cl)cc(Cl)c4F)C3C(F)(F)F)cc21. The van der Waals surface area contributed by atoms with Crippen LogP contribution in [0, 0.1) is 17.7 Å². The molecule has 0 aromatic heterocycles. The maximum absolute atomic E-state index is 14.7. The summed E-state index contributed by atoms with van der Waals surface area (Å²) in [6.45, 7) is 0.394. The molecule has 6 rings (SSSR count). The first kappa shape index (κ1) is 24.5. The fraction of sp³-hybridized carbons (Fsp3) is 0.400. The van der Waals surface area contributed by atoms with Gasteiger partial charge in [0.2, 0.25) is 5.91 Å². The van der Waals surface area contributed by atoms with Crippen molar-refractivity contribution in [2.24, 2.45) is 17.0 Å². The highest BCUT2D eigenvalue weighted by atomic mass is 35.5. The van der Waals surface area contributed by atoms with Crippen LogP contribution >= 0.6 is 23.2 Å². The van der Waals surface area contributed by atoms with Crippen molar-refractivity contribution in [2.75, 3.05) is 13.1 Å². The lowest BCUT2D eigenvalue weighted by Gasteiger charge is -2.46. The number of carbonyl (C=O) groups excluding carboxylic acids is 2. The van der Waals surface area contributed by atoms with Crippen LogP contribution in [0.5, 0.6) is 0 Å². The molecule has 6 nitrogen and oxygen atoms in total. The number of ether oxygens (including phenoxy) is 1. The Kier molecular flexibility index (Phi) is 5.51. The van der Waals surface area contributed by atoms with Crippen LogP contribution in [-0.2, 0) is 20.0 Å². The van der Waals surface area contributed by atoms with Crippen LogP contribution in [0.15, 0.2) is 35.5 Å². The Bertz CT molecular complexity index is 1370. The number of amides is 1. The Morgan fingerprint density at radius 2 is 1.89 bits per heavy atom. The number of rotatable bonds is 4. The fourth-order valence-electron chi connectivity index (χ4n) is 5.19. The van der Waals surface area contributed by atoms with Gasteiger partial charge in [-0.25, -0.2) is 9.18 Å². The normalized spacial score (nSPS) is 23.9. The summed E-state index contributed by atoms with van der Waals surface area (Å²) >= 11 is 11.7. The summed E-state index contributed by atoms with van der Waals surface area (Å²) in [5, 5.41) is 3.13. The number of nitrogens with zero attached hydrogens (tertiary/aromatic N) is 2. The molecule has 2 atom stereocenters. The highest BCUT2D eigenvalue weighted by Crippen LogP contribution is 2.48. The van der Waals surface area contributed by atoms with Crippen molar-refractivity contribution in [2.45, 2.75) is 37.1 Å². The second-order valence-corrected chi connectivity index (χ2v) is 10.7. The number of likely N-dealkylation sites (tertiary alicyclic amines) is 1. The number of hydrogen-bond acceptors (Lipinski definition) is 5. The van der Waals surface area contributed by atoms with Gasteiger partial charge in [-0.3, -0.25) is 4.79 Å². The molecule has 0 N–H and O–H groups in total. The first-order valence-corrected chi connectivity index (χ1v) is 12.3. The molecule has 2 aromatic rings. The number of oxime groups is 1. The summed E-state index contributed by atoms with van der Waals surface area (Å²) in [6.07, 6.45) is -4.20. The zero-order valence-electron chi connectivity index (χ0n) is 18.9. The van der Waals surface area contributed by atoms with Crippen molar-refractivity contribution in [1.82, 2.24) is 4.90 Å². The minimum atomic E-state index is -4.88. The lowest BCUT2D eigenvalue weighted by atomic mass is 9.82. The number of carbonyl (C=O) groups is 2. The van der Waals surface area contributed by atoms with Crippen LogP contribution in [0.25, 0.3) is 0 Å². The van der Waals surface area contributed by atoms with Gasteiger partial charge in [0.05, 0.1) is 23.7 Å². The van der Waals surface area contributed by atoms with Crippen molar-refractivity contribution >= 4 is 40.8 Å². The molecular weight excluding hydrogens is 539 g/mol. The van der Waals surface area contributed by atoms with Gasteiger partial charge in [-0.15, -0.1) is 0 Å². The second-order valence-electron chi connectivity index (χ2n) is 9.85. The third kappa shape index (κ3) is 4.05. The highest BCUT2D eigenvalue weighted by Gasteiger charge is 2.57. The highest BCUT2D eigenvalue weighted by molar-refractivity contribution is 6.34. The van der Waals surface area contributed by atoms with Crippen LogP contribution in [0.3, 0.4) is 0 Å². The van der Waals surface area contributed by atoms with Crippen LogP contribution in [0.4, 0.5) is 17.6 Å². The minimum Gasteiger partial charge on any atom is -0.447 e. The van der Waals surface area contributed by atoms with Gasteiger partial charge in [0.15, 0.2) is 11.7 Å². The number of benzene rings is 2. The summed E-state index contributed by atoms with van der Waals surface area (Å²) in [5.74, 6) is -3.72. The maximum atomic E-state index is 14.7. The Hall–Kier alpha value is -2.85. The van der Waals surface area contributed by atoms with E-state index in [1.165, 1.54) is 18.2 Å².